The van der Waals surface area contributed by atoms with E-state index in [0.717, 1.165) is 0 Å². The molecular weight excluding hydrogens is 306 g/mol. The van der Waals surface area contributed by atoms with E-state index in [0.29, 0.717) is 0 Å². The molecule has 20 heavy (non-hydrogen) atoms. The van der Waals surface area contributed by atoms with Crippen molar-refractivity contribution in [2.45, 2.75) is 44.4 Å². The van der Waals surface area contributed by atoms with Crippen LogP contribution in [-0.4, -0.2) is 50.7 Å². The molecule has 0 saturated carbocycles. The second kappa shape index (κ2) is 6.40. The number of hydrogen-bond donors (Lipinski definition) is 2. The van der Waals surface area contributed by atoms with Crippen LogP contribution in [0.4, 0.5) is 0 Å². The predicted octanol–water partition coefficient (Wildman–Crippen LogP) is -0.0177. The summed E-state index contributed by atoms with van der Waals surface area (Å²) >= 11 is 0. The Kier molecular flexibility index (Phi) is 5.56. The van der Waals surface area contributed by atoms with Crippen molar-refractivity contribution in [1.29, 1.82) is 0 Å². The SMILES string of the molecule is CC(C)CC(NS(=O)(=O)C1CCS(=O)(=O)CC1)C(=O)O. The lowest BCUT2D eigenvalue weighted by Gasteiger charge is -2.24. The minimum atomic E-state index is -3.82. The van der Waals surface area contributed by atoms with Gasteiger partial charge in [-0.3, -0.25) is 4.79 Å². The van der Waals surface area contributed by atoms with Crippen molar-refractivity contribution in [3.63, 3.8) is 0 Å². The number of nitrogens with one attached hydrogen (secondary N) is 1. The fourth-order valence-electron chi connectivity index (χ4n) is 2.14. The highest BCUT2D eigenvalue weighted by Gasteiger charge is 2.35. The van der Waals surface area contributed by atoms with Gasteiger partial charge in [0.1, 0.15) is 15.9 Å². The molecule has 1 atom stereocenters. The summed E-state index contributed by atoms with van der Waals surface area (Å²) in [6.45, 7) is 3.61. The maximum absolute atomic E-state index is 12.1. The van der Waals surface area contributed by atoms with Gasteiger partial charge < -0.3 is 5.11 Å². The maximum Gasteiger partial charge on any atom is 0.321 e. The molecule has 1 saturated heterocycles. The zero-order chi connectivity index (χ0) is 15.6. The standard InChI is InChI=1S/C11H21NO6S2/c1-8(2)7-10(11(13)14)12-20(17,18)9-3-5-19(15,16)6-4-9/h8-10,12H,3-7H2,1-2H3,(H,13,14). The summed E-state index contributed by atoms with van der Waals surface area (Å²) in [4.78, 5) is 11.1. The van der Waals surface area contributed by atoms with E-state index in [1.54, 1.807) is 13.8 Å². The minimum absolute atomic E-state index is 0.0195. The molecule has 0 bridgehead atoms. The maximum atomic E-state index is 12.1. The van der Waals surface area contributed by atoms with Crippen LogP contribution in [0.2, 0.25) is 0 Å². The van der Waals surface area contributed by atoms with Gasteiger partial charge in [-0.25, -0.2) is 21.6 Å². The Morgan fingerprint density at radius 1 is 1.30 bits per heavy atom. The summed E-state index contributed by atoms with van der Waals surface area (Å²) in [6, 6.07) is -1.17. The first-order chi connectivity index (χ1) is 9.03. The molecule has 0 aliphatic carbocycles. The zero-order valence-corrected chi connectivity index (χ0v) is 13.2. The Hall–Kier alpha value is -0.670. The minimum Gasteiger partial charge on any atom is -0.480 e. The smallest absolute Gasteiger partial charge is 0.321 e. The predicted molar refractivity (Wildman–Crippen MR) is 74.6 cm³/mol. The van der Waals surface area contributed by atoms with Crippen molar-refractivity contribution in [2.75, 3.05) is 11.5 Å². The van der Waals surface area contributed by atoms with Crippen LogP contribution >= 0.6 is 0 Å². The Morgan fingerprint density at radius 2 is 1.80 bits per heavy atom. The Labute approximate surface area is 119 Å². The molecule has 2 N–H and O–H groups in total. The van der Waals surface area contributed by atoms with Gasteiger partial charge in [-0.1, -0.05) is 13.8 Å². The van der Waals surface area contributed by atoms with Crippen LogP contribution in [-0.2, 0) is 24.7 Å². The molecule has 0 aromatic heterocycles. The van der Waals surface area contributed by atoms with Crippen LogP contribution in [0.15, 0.2) is 0 Å². The van der Waals surface area contributed by atoms with E-state index in [1.807, 2.05) is 0 Å². The number of sulfone groups is 1. The van der Waals surface area contributed by atoms with Crippen LogP contribution < -0.4 is 4.72 Å². The fourth-order valence-corrected chi connectivity index (χ4v) is 5.58. The summed E-state index contributed by atoms with van der Waals surface area (Å²) < 4.78 is 49.0. The summed E-state index contributed by atoms with van der Waals surface area (Å²) in [5, 5.41) is 8.21. The van der Waals surface area contributed by atoms with Crippen molar-refractivity contribution in [1.82, 2.24) is 4.72 Å². The average Bonchev–Trinajstić information content (AvgIpc) is 2.26. The van der Waals surface area contributed by atoms with E-state index < -0.39 is 37.1 Å². The quantitative estimate of drug-likeness (QED) is 0.708. The topological polar surface area (TPSA) is 118 Å². The van der Waals surface area contributed by atoms with Crippen LogP contribution in [0.3, 0.4) is 0 Å². The first-order valence-electron chi connectivity index (χ1n) is 6.48. The van der Waals surface area contributed by atoms with Gasteiger partial charge in [0.25, 0.3) is 0 Å². The molecule has 0 amide bonds. The molecule has 1 aliphatic rings. The van der Waals surface area contributed by atoms with Crippen molar-refractivity contribution < 1.29 is 26.7 Å². The monoisotopic (exact) mass is 327 g/mol. The van der Waals surface area contributed by atoms with Gasteiger partial charge in [-0.15, -0.1) is 0 Å². The van der Waals surface area contributed by atoms with Crippen LogP contribution in [0.5, 0.6) is 0 Å². The summed E-state index contributed by atoms with van der Waals surface area (Å²) in [5.41, 5.74) is 0. The molecule has 9 heteroatoms. The molecule has 1 heterocycles. The van der Waals surface area contributed by atoms with Gasteiger partial charge in [-0.05, 0) is 25.2 Å². The van der Waals surface area contributed by atoms with Crippen molar-refractivity contribution in [3.05, 3.63) is 0 Å². The molecule has 7 nitrogen and oxygen atoms in total. The Morgan fingerprint density at radius 3 is 2.20 bits per heavy atom. The van der Waals surface area contributed by atoms with Crippen molar-refractivity contribution in [3.8, 4) is 0 Å². The van der Waals surface area contributed by atoms with E-state index in [1.165, 1.54) is 0 Å². The Bertz CT molecular complexity index is 537. The molecule has 118 valence electrons. The van der Waals surface area contributed by atoms with Gasteiger partial charge in [-0.2, -0.15) is 0 Å². The third kappa shape index (κ3) is 5.02. The average molecular weight is 327 g/mol. The van der Waals surface area contributed by atoms with Gasteiger partial charge in [0.15, 0.2) is 0 Å². The highest BCUT2D eigenvalue weighted by Crippen LogP contribution is 2.19. The third-order valence-electron chi connectivity index (χ3n) is 3.25. The van der Waals surface area contributed by atoms with E-state index in [2.05, 4.69) is 4.72 Å². The van der Waals surface area contributed by atoms with Crippen LogP contribution in [0, 0.1) is 5.92 Å². The van der Waals surface area contributed by atoms with Crippen LogP contribution in [0.1, 0.15) is 33.1 Å². The number of carbonyl (C=O) groups is 1. The molecule has 1 rings (SSSR count). The number of hydrogen-bond acceptors (Lipinski definition) is 5. The second-order valence-electron chi connectivity index (χ2n) is 5.53. The van der Waals surface area contributed by atoms with E-state index >= 15 is 0 Å². The summed E-state index contributed by atoms with van der Waals surface area (Å²) in [5.74, 6) is -1.52. The van der Waals surface area contributed by atoms with Gasteiger partial charge >= 0.3 is 5.97 Å². The van der Waals surface area contributed by atoms with Gasteiger partial charge in [0.05, 0.1) is 16.8 Å². The van der Waals surface area contributed by atoms with Crippen molar-refractivity contribution in [2.24, 2.45) is 5.92 Å². The molecule has 0 radical (unpaired) electrons. The lowest BCUT2D eigenvalue weighted by atomic mass is 10.1. The number of aliphatic carboxylic acids is 1. The lowest BCUT2D eigenvalue weighted by molar-refractivity contribution is -0.139. The molecule has 0 aromatic carbocycles. The van der Waals surface area contributed by atoms with Gasteiger partial charge in [0, 0.05) is 0 Å². The highest BCUT2D eigenvalue weighted by molar-refractivity contribution is 7.92. The molecule has 1 aliphatic heterocycles. The van der Waals surface area contributed by atoms with E-state index in [9.17, 15) is 21.6 Å². The zero-order valence-electron chi connectivity index (χ0n) is 11.6. The molecule has 0 spiro atoms. The summed E-state index contributed by atoms with van der Waals surface area (Å²) in [7, 11) is -6.97. The number of rotatable bonds is 6. The number of carboxylic acid groups (broad SMARTS) is 1. The second-order valence-corrected chi connectivity index (χ2v) is 9.83. The van der Waals surface area contributed by atoms with Gasteiger partial charge in [0.2, 0.25) is 10.0 Å². The van der Waals surface area contributed by atoms with Crippen LogP contribution in [0.25, 0.3) is 0 Å². The highest BCUT2D eigenvalue weighted by atomic mass is 32.2. The Balaban J connectivity index is 2.76. The molecule has 1 unspecified atom stereocenters. The fraction of sp³-hybridized carbons (Fsp3) is 0.909. The first-order valence-corrected chi connectivity index (χ1v) is 9.84. The molecule has 1 fully saturated rings. The third-order valence-corrected chi connectivity index (χ3v) is 6.93. The first kappa shape index (κ1) is 17.4. The lowest BCUT2D eigenvalue weighted by Crippen LogP contribution is -2.47. The molecular formula is C11H21NO6S2. The molecule has 0 aromatic rings. The number of carboxylic acids is 1. The van der Waals surface area contributed by atoms with E-state index in [-0.39, 0.29) is 36.7 Å². The summed E-state index contributed by atoms with van der Waals surface area (Å²) in [6.07, 6.45) is 0.233. The van der Waals surface area contributed by atoms with Crippen molar-refractivity contribution >= 4 is 25.8 Å². The number of sulfonamides is 1. The largest absolute Gasteiger partial charge is 0.480 e. The van der Waals surface area contributed by atoms with E-state index in [4.69, 9.17) is 5.11 Å². The normalized spacial score (nSPS) is 21.8.